The molecule has 3 nitrogen and oxygen atoms in total. The van der Waals surface area contributed by atoms with E-state index in [0.29, 0.717) is 6.04 Å². The molecule has 3 unspecified atom stereocenters. The lowest BCUT2D eigenvalue weighted by Crippen LogP contribution is -2.57. The highest BCUT2D eigenvalue weighted by atomic mass is 16.5. The van der Waals surface area contributed by atoms with Crippen LogP contribution in [0.3, 0.4) is 0 Å². The zero-order valence-corrected chi connectivity index (χ0v) is 12.5. The average molecular weight is 244 g/mol. The average Bonchev–Trinajstić information content (AvgIpc) is 2.26. The summed E-state index contributed by atoms with van der Waals surface area (Å²) in [6.45, 7) is 15.7. The van der Waals surface area contributed by atoms with Crippen LogP contribution in [-0.4, -0.2) is 42.2 Å². The van der Waals surface area contributed by atoms with E-state index in [9.17, 15) is 4.79 Å². The van der Waals surface area contributed by atoms with Crippen molar-refractivity contribution in [2.45, 2.75) is 66.5 Å². The Hall–Kier alpha value is -0.570. The van der Waals surface area contributed by atoms with Gasteiger partial charge in [-0.05, 0) is 33.6 Å². The van der Waals surface area contributed by atoms with E-state index in [0.717, 1.165) is 24.1 Å². The minimum absolute atomic E-state index is 0.00741. The molecule has 0 aliphatic rings. The van der Waals surface area contributed by atoms with Crippen LogP contribution < -0.4 is 0 Å². The molecule has 0 spiro atoms. The fourth-order valence-corrected chi connectivity index (χ4v) is 2.76. The van der Waals surface area contributed by atoms with E-state index in [2.05, 4.69) is 27.7 Å². The number of rotatable bonds is 8. The van der Waals surface area contributed by atoms with Gasteiger partial charge in [0, 0.05) is 6.92 Å². The highest BCUT2D eigenvalue weighted by Crippen LogP contribution is 2.19. The van der Waals surface area contributed by atoms with E-state index in [4.69, 9.17) is 4.74 Å². The molecule has 0 aromatic rings. The first-order valence-electron chi connectivity index (χ1n) is 6.94. The fourth-order valence-electron chi connectivity index (χ4n) is 2.76. The number of hydrogen-bond donors (Lipinski definition) is 0. The second kappa shape index (κ2) is 7.70. The van der Waals surface area contributed by atoms with Crippen LogP contribution in [0.5, 0.6) is 0 Å². The van der Waals surface area contributed by atoms with Crippen LogP contribution in [0, 0.1) is 0 Å². The topological polar surface area (TPSA) is 26.3 Å². The van der Waals surface area contributed by atoms with Crippen molar-refractivity contribution in [3.63, 3.8) is 0 Å². The van der Waals surface area contributed by atoms with E-state index < -0.39 is 0 Å². The van der Waals surface area contributed by atoms with Crippen LogP contribution in [0.1, 0.15) is 54.4 Å². The number of likely N-dealkylation sites (N-methyl/N-ethyl adjacent to an activating group) is 1. The molecule has 0 amide bonds. The number of quaternary nitrogens is 1. The predicted molar refractivity (Wildman–Crippen MR) is 71.8 cm³/mol. The molecule has 0 aliphatic heterocycles. The van der Waals surface area contributed by atoms with Crippen LogP contribution in [0.4, 0.5) is 0 Å². The molecule has 0 heterocycles. The van der Waals surface area contributed by atoms with E-state index in [1.54, 1.807) is 0 Å². The Bertz CT molecular complexity index is 230. The lowest BCUT2D eigenvalue weighted by atomic mass is 10.1. The highest BCUT2D eigenvalue weighted by molar-refractivity contribution is 5.66. The third-order valence-electron chi connectivity index (χ3n) is 3.81. The second-order valence-electron chi connectivity index (χ2n) is 5.12. The summed E-state index contributed by atoms with van der Waals surface area (Å²) < 4.78 is 6.35. The van der Waals surface area contributed by atoms with E-state index in [-0.39, 0.29) is 12.1 Å². The van der Waals surface area contributed by atoms with Crippen LogP contribution in [0.25, 0.3) is 0 Å². The summed E-state index contributed by atoms with van der Waals surface area (Å²) in [5.74, 6) is -0.174. The molecule has 0 saturated heterocycles. The van der Waals surface area contributed by atoms with Gasteiger partial charge in [-0.1, -0.05) is 13.8 Å². The van der Waals surface area contributed by atoms with E-state index in [1.165, 1.54) is 19.8 Å². The van der Waals surface area contributed by atoms with Crippen molar-refractivity contribution in [1.82, 2.24) is 0 Å². The lowest BCUT2D eigenvalue weighted by Gasteiger charge is -2.44. The van der Waals surface area contributed by atoms with E-state index in [1.807, 2.05) is 6.92 Å². The quantitative estimate of drug-likeness (QED) is 0.485. The van der Waals surface area contributed by atoms with Crippen LogP contribution >= 0.6 is 0 Å². The molecule has 0 aromatic heterocycles. The zero-order chi connectivity index (χ0) is 13.5. The van der Waals surface area contributed by atoms with Crippen molar-refractivity contribution in [3.8, 4) is 0 Å². The minimum atomic E-state index is -0.174. The smallest absolute Gasteiger partial charge is 0.303 e. The maximum atomic E-state index is 11.0. The molecule has 3 heteroatoms. The van der Waals surface area contributed by atoms with Gasteiger partial charge in [-0.25, -0.2) is 0 Å². The predicted octanol–water partition coefficient (Wildman–Crippen LogP) is 2.98. The molecule has 0 bridgehead atoms. The summed E-state index contributed by atoms with van der Waals surface area (Å²) in [7, 11) is 0. The lowest BCUT2D eigenvalue weighted by molar-refractivity contribution is -0.950. The van der Waals surface area contributed by atoms with Crippen LogP contribution in [0.2, 0.25) is 0 Å². The Balaban J connectivity index is 4.72. The fraction of sp³-hybridized carbons (Fsp3) is 0.929. The number of ether oxygens (including phenoxy) is 1. The highest BCUT2D eigenvalue weighted by Gasteiger charge is 2.32. The van der Waals surface area contributed by atoms with E-state index >= 15 is 0 Å². The summed E-state index contributed by atoms with van der Waals surface area (Å²) in [5, 5.41) is 0. The Labute approximate surface area is 107 Å². The van der Waals surface area contributed by atoms with Gasteiger partial charge in [0.15, 0.2) is 0 Å². The van der Waals surface area contributed by atoms with Gasteiger partial charge < -0.3 is 9.22 Å². The van der Waals surface area contributed by atoms with Crippen molar-refractivity contribution in [1.29, 1.82) is 0 Å². The largest absolute Gasteiger partial charge is 0.457 e. The Morgan fingerprint density at radius 3 is 2.18 bits per heavy atom. The first kappa shape index (κ1) is 16.4. The Morgan fingerprint density at radius 2 is 1.82 bits per heavy atom. The monoisotopic (exact) mass is 244 g/mol. The number of carbonyl (C=O) groups excluding carboxylic acids is 1. The molecular weight excluding hydrogens is 214 g/mol. The van der Waals surface area contributed by atoms with Crippen molar-refractivity contribution >= 4 is 5.97 Å². The standard InChI is InChI=1S/C14H30NO2/c1-7-10-15(9-3,12(4)8-2)11-13(5)17-14(6)16/h12-13H,7-11H2,1-6H3/q+1. The van der Waals surface area contributed by atoms with Crippen LogP contribution in [-0.2, 0) is 9.53 Å². The third kappa shape index (κ3) is 5.07. The van der Waals surface area contributed by atoms with Crippen molar-refractivity contribution in [2.24, 2.45) is 0 Å². The molecule has 0 radical (unpaired) electrons. The molecule has 3 atom stereocenters. The zero-order valence-electron chi connectivity index (χ0n) is 12.5. The summed E-state index contributed by atoms with van der Waals surface area (Å²) in [4.78, 5) is 11.0. The molecule has 17 heavy (non-hydrogen) atoms. The van der Waals surface area contributed by atoms with Gasteiger partial charge in [0.1, 0.15) is 12.6 Å². The molecular formula is C14H30NO2+. The van der Waals surface area contributed by atoms with Gasteiger partial charge in [0.25, 0.3) is 0 Å². The summed E-state index contributed by atoms with van der Waals surface area (Å²) >= 11 is 0. The van der Waals surface area contributed by atoms with Crippen molar-refractivity contribution in [2.75, 3.05) is 19.6 Å². The molecule has 0 rings (SSSR count). The number of hydrogen-bond acceptors (Lipinski definition) is 2. The molecule has 0 aromatic carbocycles. The van der Waals surface area contributed by atoms with Gasteiger partial charge in [0.2, 0.25) is 0 Å². The molecule has 102 valence electrons. The number of nitrogens with zero attached hydrogens (tertiary/aromatic N) is 1. The first-order chi connectivity index (χ1) is 7.91. The van der Waals surface area contributed by atoms with Crippen LogP contribution in [0.15, 0.2) is 0 Å². The SMILES string of the molecule is CCC[N+](CC)(CC(C)OC(C)=O)C(C)CC. The van der Waals surface area contributed by atoms with Crippen molar-refractivity contribution in [3.05, 3.63) is 0 Å². The molecule has 0 N–H and O–H groups in total. The third-order valence-corrected chi connectivity index (χ3v) is 3.81. The van der Waals surface area contributed by atoms with Crippen molar-refractivity contribution < 1.29 is 14.0 Å². The molecule has 0 saturated carbocycles. The van der Waals surface area contributed by atoms with Gasteiger partial charge >= 0.3 is 5.97 Å². The summed E-state index contributed by atoms with van der Waals surface area (Å²) in [6.07, 6.45) is 2.35. The second-order valence-corrected chi connectivity index (χ2v) is 5.12. The Kier molecular flexibility index (Phi) is 7.44. The van der Waals surface area contributed by atoms with Gasteiger partial charge in [-0.2, -0.15) is 0 Å². The summed E-state index contributed by atoms with van der Waals surface area (Å²) in [6, 6.07) is 0.623. The maximum absolute atomic E-state index is 11.0. The molecule has 0 fully saturated rings. The van der Waals surface area contributed by atoms with Gasteiger partial charge in [-0.15, -0.1) is 0 Å². The minimum Gasteiger partial charge on any atom is -0.457 e. The first-order valence-corrected chi connectivity index (χ1v) is 6.94. The van der Waals surface area contributed by atoms with Gasteiger partial charge in [0.05, 0.1) is 19.1 Å². The Morgan fingerprint density at radius 1 is 1.24 bits per heavy atom. The summed E-state index contributed by atoms with van der Waals surface area (Å²) in [5.41, 5.74) is 0. The number of esters is 1. The van der Waals surface area contributed by atoms with Gasteiger partial charge in [-0.3, -0.25) is 4.79 Å². The normalized spacial score (nSPS) is 18.2. The maximum Gasteiger partial charge on any atom is 0.303 e. The number of carbonyl (C=O) groups is 1. The molecule has 0 aliphatic carbocycles.